The van der Waals surface area contributed by atoms with Crippen LogP contribution < -0.4 is 20.1 Å². The number of aliphatic imine (C=N–C) groups is 1. The van der Waals surface area contributed by atoms with Crippen LogP contribution in [0.15, 0.2) is 41.0 Å². The zero-order valence-corrected chi connectivity index (χ0v) is 17.6. The van der Waals surface area contributed by atoms with E-state index in [-0.39, 0.29) is 36.0 Å². The fourth-order valence-electron chi connectivity index (χ4n) is 3.32. The molecule has 0 radical (unpaired) electrons. The highest BCUT2D eigenvalue weighted by Gasteiger charge is 2.22. The Morgan fingerprint density at radius 2 is 2.16 bits per heavy atom. The molecule has 10 heteroatoms. The van der Waals surface area contributed by atoms with E-state index in [1.165, 1.54) is 13.1 Å². The van der Waals surface area contributed by atoms with Gasteiger partial charge in [0.25, 0.3) is 5.95 Å². The fourth-order valence-corrected chi connectivity index (χ4v) is 3.32. The van der Waals surface area contributed by atoms with E-state index in [9.17, 15) is 14.0 Å². The van der Waals surface area contributed by atoms with Gasteiger partial charge in [-0.2, -0.15) is 4.98 Å². The number of hydrogen-bond acceptors (Lipinski definition) is 8. The van der Waals surface area contributed by atoms with Crippen molar-refractivity contribution < 1.29 is 23.5 Å². The van der Waals surface area contributed by atoms with Crippen LogP contribution in [0.1, 0.15) is 26.2 Å². The van der Waals surface area contributed by atoms with Crippen molar-refractivity contribution in [3.8, 4) is 11.5 Å². The molecule has 1 saturated carbocycles. The molecule has 1 aromatic heterocycles. The number of rotatable bonds is 4. The molecule has 1 aliphatic carbocycles. The van der Waals surface area contributed by atoms with Crippen LogP contribution in [-0.4, -0.2) is 47.1 Å². The smallest absolute Gasteiger partial charge is 0.251 e. The number of likely N-dealkylation sites (N-methyl/N-ethyl adjacent to an activating group) is 1. The van der Waals surface area contributed by atoms with Crippen molar-refractivity contribution >= 4 is 34.9 Å². The summed E-state index contributed by atoms with van der Waals surface area (Å²) in [5, 5.41) is 5.38. The average molecular weight is 439 g/mol. The van der Waals surface area contributed by atoms with Crippen LogP contribution in [0.4, 0.5) is 21.8 Å². The molecule has 1 fully saturated rings. The third kappa shape index (κ3) is 4.90. The normalized spacial score (nSPS) is 20.3. The van der Waals surface area contributed by atoms with E-state index in [0.29, 0.717) is 42.3 Å². The van der Waals surface area contributed by atoms with Crippen molar-refractivity contribution in [1.82, 2.24) is 15.3 Å². The summed E-state index contributed by atoms with van der Waals surface area (Å²) >= 11 is 0. The molecule has 32 heavy (non-hydrogen) atoms. The van der Waals surface area contributed by atoms with Crippen LogP contribution in [0.3, 0.4) is 0 Å². The van der Waals surface area contributed by atoms with Gasteiger partial charge >= 0.3 is 0 Å². The SMILES string of the molecule is CNC(=O)C=C1CCC(=Nc2ncc(F)c(Nc3ccc4c(c3)OCC(C)O4)n2)C(=O)C1. The molecule has 166 valence electrons. The Kier molecular flexibility index (Phi) is 6.11. The molecule has 1 aliphatic heterocycles. The van der Waals surface area contributed by atoms with Gasteiger partial charge < -0.3 is 20.1 Å². The third-order valence-electron chi connectivity index (χ3n) is 4.95. The van der Waals surface area contributed by atoms with Gasteiger partial charge in [-0.3, -0.25) is 9.59 Å². The first-order valence-corrected chi connectivity index (χ1v) is 10.2. The maximum Gasteiger partial charge on any atom is 0.251 e. The number of nitrogens with one attached hydrogen (secondary N) is 2. The minimum atomic E-state index is -0.664. The van der Waals surface area contributed by atoms with Crippen molar-refractivity contribution in [2.75, 3.05) is 19.0 Å². The number of nitrogens with zero attached hydrogens (tertiary/aromatic N) is 3. The Morgan fingerprint density at radius 3 is 2.94 bits per heavy atom. The molecule has 1 atom stereocenters. The summed E-state index contributed by atoms with van der Waals surface area (Å²) in [4.78, 5) is 36.1. The van der Waals surface area contributed by atoms with Crippen LogP contribution in [0.5, 0.6) is 11.5 Å². The molecule has 2 aliphatic rings. The number of benzene rings is 1. The number of ketones is 1. The highest BCUT2D eigenvalue weighted by molar-refractivity contribution is 6.41. The van der Waals surface area contributed by atoms with Gasteiger partial charge in [0.1, 0.15) is 12.7 Å². The summed E-state index contributed by atoms with van der Waals surface area (Å²) in [6.45, 7) is 2.33. The number of hydrogen-bond donors (Lipinski definition) is 2. The summed E-state index contributed by atoms with van der Waals surface area (Å²) < 4.78 is 25.6. The number of aromatic nitrogens is 2. The number of fused-ring (bicyclic) bond motifs is 1. The summed E-state index contributed by atoms with van der Waals surface area (Å²) in [6, 6.07) is 5.15. The fraction of sp³-hybridized carbons (Fsp3) is 0.318. The predicted molar refractivity (Wildman–Crippen MR) is 115 cm³/mol. The first-order valence-electron chi connectivity index (χ1n) is 10.2. The number of carbonyl (C=O) groups is 2. The lowest BCUT2D eigenvalue weighted by Crippen LogP contribution is -2.25. The Bertz CT molecular complexity index is 1130. The van der Waals surface area contributed by atoms with Crippen LogP contribution in [-0.2, 0) is 9.59 Å². The molecular weight excluding hydrogens is 417 g/mol. The molecule has 1 aromatic carbocycles. The molecule has 4 rings (SSSR count). The quantitative estimate of drug-likeness (QED) is 0.704. The lowest BCUT2D eigenvalue weighted by atomic mass is 9.91. The standard InChI is InChI=1S/C22H22FN5O4/c1-12-11-31-19-9-14(4-6-18(19)32-12)26-21-15(23)10-25-22(28-21)27-16-5-3-13(7-17(16)29)8-20(30)24-2/h4,6,8-10,12H,3,5,7,11H2,1-2H3,(H,24,30)(H,25,26,28). The maximum absolute atomic E-state index is 14.3. The van der Waals surface area contributed by atoms with Crippen LogP contribution >= 0.6 is 0 Å². The summed E-state index contributed by atoms with van der Waals surface area (Å²) in [6.07, 6.45) is 3.37. The number of ether oxygens (including phenoxy) is 2. The molecule has 9 nitrogen and oxygen atoms in total. The highest BCUT2D eigenvalue weighted by Crippen LogP contribution is 2.35. The number of anilines is 2. The van der Waals surface area contributed by atoms with Gasteiger partial charge in [0.15, 0.2) is 28.9 Å². The van der Waals surface area contributed by atoms with Crippen LogP contribution in [0.25, 0.3) is 0 Å². The molecule has 1 unspecified atom stereocenters. The Morgan fingerprint density at radius 1 is 1.31 bits per heavy atom. The van der Waals surface area contributed by atoms with Crippen molar-refractivity contribution in [3.63, 3.8) is 0 Å². The number of carbonyl (C=O) groups excluding carboxylic acids is 2. The van der Waals surface area contributed by atoms with E-state index >= 15 is 0 Å². The van der Waals surface area contributed by atoms with Gasteiger partial charge in [-0.25, -0.2) is 14.4 Å². The summed E-state index contributed by atoms with van der Waals surface area (Å²) in [5.74, 6) is -0.0607. The van der Waals surface area contributed by atoms with E-state index in [0.717, 1.165) is 11.8 Å². The lowest BCUT2D eigenvalue weighted by Gasteiger charge is -2.24. The second-order valence-corrected chi connectivity index (χ2v) is 7.47. The van der Waals surface area contributed by atoms with Crippen molar-refractivity contribution in [3.05, 3.63) is 41.9 Å². The Hall–Kier alpha value is -3.82. The van der Waals surface area contributed by atoms with Gasteiger partial charge in [-0.1, -0.05) is 5.57 Å². The van der Waals surface area contributed by atoms with Crippen molar-refractivity contribution in [2.24, 2.45) is 4.99 Å². The molecular formula is C22H22FN5O4. The monoisotopic (exact) mass is 439 g/mol. The molecule has 0 spiro atoms. The maximum atomic E-state index is 14.3. The molecule has 2 aromatic rings. The molecule has 0 saturated heterocycles. The molecule has 1 amide bonds. The predicted octanol–water partition coefficient (Wildman–Crippen LogP) is 3.02. The van der Waals surface area contributed by atoms with E-state index in [1.54, 1.807) is 18.2 Å². The number of allylic oxidation sites excluding steroid dienone is 1. The minimum absolute atomic E-state index is 0.0256. The van der Waals surface area contributed by atoms with Gasteiger partial charge in [0, 0.05) is 31.3 Å². The van der Waals surface area contributed by atoms with E-state index in [4.69, 9.17) is 9.47 Å². The zero-order chi connectivity index (χ0) is 22.7. The summed E-state index contributed by atoms with van der Waals surface area (Å²) in [7, 11) is 1.53. The Balaban J connectivity index is 1.50. The first-order chi connectivity index (χ1) is 15.4. The number of amides is 1. The van der Waals surface area contributed by atoms with Gasteiger partial charge in [-0.15, -0.1) is 0 Å². The molecule has 2 heterocycles. The topological polar surface area (TPSA) is 115 Å². The number of halogens is 1. The lowest BCUT2D eigenvalue weighted by molar-refractivity contribution is -0.116. The first kappa shape index (κ1) is 21.4. The van der Waals surface area contributed by atoms with Crippen molar-refractivity contribution in [1.29, 1.82) is 0 Å². The summed E-state index contributed by atoms with van der Waals surface area (Å²) in [5.41, 5.74) is 1.59. The second kappa shape index (κ2) is 9.13. The largest absolute Gasteiger partial charge is 0.486 e. The highest BCUT2D eigenvalue weighted by atomic mass is 19.1. The minimum Gasteiger partial charge on any atom is -0.486 e. The van der Waals surface area contributed by atoms with Gasteiger partial charge in [0.05, 0.1) is 11.9 Å². The van der Waals surface area contributed by atoms with Gasteiger partial charge in [-0.05, 0) is 31.9 Å². The van der Waals surface area contributed by atoms with Crippen LogP contribution in [0.2, 0.25) is 0 Å². The number of Topliss-reactive ketones (excluding diaryl/α,β-unsaturated/α-hetero) is 1. The van der Waals surface area contributed by atoms with E-state index < -0.39 is 5.82 Å². The zero-order valence-electron chi connectivity index (χ0n) is 17.6. The molecule has 0 bridgehead atoms. The van der Waals surface area contributed by atoms with Crippen molar-refractivity contribution in [2.45, 2.75) is 32.3 Å². The van der Waals surface area contributed by atoms with Gasteiger partial charge in [0.2, 0.25) is 5.91 Å². The second-order valence-electron chi connectivity index (χ2n) is 7.47. The molecule has 2 N–H and O–H groups in total. The van der Waals surface area contributed by atoms with E-state index in [2.05, 4.69) is 25.6 Å². The third-order valence-corrected chi connectivity index (χ3v) is 4.95. The Labute approximate surface area is 183 Å². The van der Waals surface area contributed by atoms with E-state index in [1.807, 2.05) is 6.92 Å². The average Bonchev–Trinajstić information content (AvgIpc) is 2.78. The van der Waals surface area contributed by atoms with Crippen LogP contribution in [0, 0.1) is 5.82 Å².